The Balaban J connectivity index is 1.50. The summed E-state index contributed by atoms with van der Waals surface area (Å²) in [5, 5.41) is 14.8. The summed E-state index contributed by atoms with van der Waals surface area (Å²) in [6.45, 7) is 0. The lowest BCUT2D eigenvalue weighted by Gasteiger charge is -2.18. The molecule has 0 spiro atoms. The number of anilines is 2. The third kappa shape index (κ3) is 7.51. The number of carbonyl (C=O) groups excluding carboxylic acids is 2. The van der Waals surface area contributed by atoms with E-state index >= 15 is 0 Å². The summed E-state index contributed by atoms with van der Waals surface area (Å²) < 4.78 is 1.61. The fraction of sp³-hybridized carbons (Fsp3) is 0.0741. The summed E-state index contributed by atoms with van der Waals surface area (Å²) in [4.78, 5) is 30.1. The van der Waals surface area contributed by atoms with E-state index in [1.807, 2.05) is 30.3 Å². The van der Waals surface area contributed by atoms with E-state index in [4.69, 9.17) is 23.3 Å². The first-order valence-electron chi connectivity index (χ1n) is 11.8. The van der Waals surface area contributed by atoms with Crippen molar-refractivity contribution in [2.45, 2.75) is 12.5 Å². The summed E-state index contributed by atoms with van der Waals surface area (Å²) >= 11 is 6.13. The highest BCUT2D eigenvalue weighted by Crippen LogP contribution is 2.23. The molecule has 11 nitrogen and oxygen atoms in total. The van der Waals surface area contributed by atoms with Crippen molar-refractivity contribution in [3.8, 4) is 5.69 Å². The Morgan fingerprint density at radius 1 is 1.10 bits per heavy atom. The molecule has 0 saturated heterocycles. The maximum atomic E-state index is 13.3. The van der Waals surface area contributed by atoms with Crippen molar-refractivity contribution in [2.24, 2.45) is 16.8 Å². The van der Waals surface area contributed by atoms with E-state index < -0.39 is 11.9 Å². The smallest absolute Gasteiger partial charge is 0.247 e. The molecule has 1 atom stereocenters. The van der Waals surface area contributed by atoms with E-state index in [9.17, 15) is 9.59 Å². The number of amides is 2. The average molecular weight is 544 g/mol. The van der Waals surface area contributed by atoms with Crippen LogP contribution in [0.25, 0.3) is 11.8 Å². The maximum absolute atomic E-state index is 13.3. The van der Waals surface area contributed by atoms with Crippen molar-refractivity contribution in [1.82, 2.24) is 20.1 Å². The molecular formula is C27H26ClN9O2. The van der Waals surface area contributed by atoms with E-state index in [0.717, 1.165) is 11.3 Å². The highest BCUT2D eigenvalue weighted by molar-refractivity contribution is 6.30. The van der Waals surface area contributed by atoms with Gasteiger partial charge in [-0.1, -0.05) is 41.9 Å². The number of hydrazone groups is 1. The molecule has 1 heterocycles. The van der Waals surface area contributed by atoms with Crippen LogP contribution in [0, 0.1) is 0 Å². The molecule has 0 saturated carbocycles. The molecular weight excluding hydrogens is 518 g/mol. The number of hydrazine groups is 1. The molecule has 0 aliphatic heterocycles. The highest BCUT2D eigenvalue weighted by Gasteiger charge is 2.21. The number of rotatable bonds is 10. The number of aromatic nitrogens is 3. The Hall–Kier alpha value is -5.00. The monoisotopic (exact) mass is 543 g/mol. The van der Waals surface area contributed by atoms with Crippen LogP contribution in [0.15, 0.2) is 96.6 Å². The van der Waals surface area contributed by atoms with Gasteiger partial charge in [-0.25, -0.2) is 15.5 Å². The van der Waals surface area contributed by atoms with Gasteiger partial charge in [0.15, 0.2) is 0 Å². The van der Waals surface area contributed by atoms with Crippen molar-refractivity contribution in [3.05, 3.63) is 108 Å². The quantitative estimate of drug-likeness (QED) is 0.0787. The number of carbonyl (C=O) groups is 2. The van der Waals surface area contributed by atoms with E-state index in [0.29, 0.717) is 22.0 Å². The molecule has 0 fully saturated rings. The summed E-state index contributed by atoms with van der Waals surface area (Å²) in [5.41, 5.74) is 3.32. The first-order valence-corrected chi connectivity index (χ1v) is 12.2. The van der Waals surface area contributed by atoms with Gasteiger partial charge in [-0.15, -0.1) is 0 Å². The van der Waals surface area contributed by atoms with Gasteiger partial charge in [-0.05, 0) is 54.1 Å². The van der Waals surface area contributed by atoms with Gasteiger partial charge in [0.2, 0.25) is 11.8 Å². The lowest BCUT2D eigenvalue weighted by atomic mass is 10.0. The van der Waals surface area contributed by atoms with Crippen LogP contribution >= 0.6 is 11.6 Å². The Kier molecular flexibility index (Phi) is 9.01. The molecule has 4 rings (SSSR count). The Labute approximate surface area is 229 Å². The Morgan fingerprint density at radius 2 is 1.87 bits per heavy atom. The zero-order valence-corrected chi connectivity index (χ0v) is 21.4. The molecule has 0 aliphatic rings. The Morgan fingerprint density at radius 3 is 2.56 bits per heavy atom. The number of hydrogen-bond donors (Lipinski definition) is 4. The van der Waals surface area contributed by atoms with Gasteiger partial charge in [0.05, 0.1) is 11.4 Å². The van der Waals surface area contributed by atoms with E-state index in [1.54, 1.807) is 59.5 Å². The second kappa shape index (κ2) is 13.0. The standard InChI is InChI=1S/C27H26ClN9O2/c28-21-7-12-25(36(30)18-32-29)20(15-21)6-13-26(38)35-24(14-19-4-2-1-3-5-19)27(39)34-22-8-10-23(11-9-22)37-17-31-16-33-37/h1-13,15-18,24H,14,29-30H2,(H,34,39)(H,35,38)/b13-6+,32-18-/t24-/m0/s1. The van der Waals surface area contributed by atoms with Crippen LogP contribution in [-0.4, -0.2) is 39.0 Å². The summed E-state index contributed by atoms with van der Waals surface area (Å²) in [7, 11) is 0. The van der Waals surface area contributed by atoms with Gasteiger partial charge in [-0.3, -0.25) is 14.6 Å². The first kappa shape index (κ1) is 27.0. The maximum Gasteiger partial charge on any atom is 0.247 e. The van der Waals surface area contributed by atoms with Gasteiger partial charge in [0.1, 0.15) is 25.0 Å². The lowest BCUT2D eigenvalue weighted by molar-refractivity contribution is -0.123. The van der Waals surface area contributed by atoms with Crippen LogP contribution in [0.1, 0.15) is 11.1 Å². The average Bonchev–Trinajstić information content (AvgIpc) is 3.48. The van der Waals surface area contributed by atoms with Crippen LogP contribution in [0.5, 0.6) is 0 Å². The second-order valence-electron chi connectivity index (χ2n) is 8.34. The van der Waals surface area contributed by atoms with Crippen LogP contribution in [0.2, 0.25) is 5.02 Å². The number of benzene rings is 3. The third-order valence-corrected chi connectivity index (χ3v) is 5.84. The lowest BCUT2D eigenvalue weighted by Crippen LogP contribution is -2.44. The normalized spacial score (nSPS) is 11.9. The molecule has 12 heteroatoms. The summed E-state index contributed by atoms with van der Waals surface area (Å²) in [5.74, 6) is 10.3. The molecule has 2 amide bonds. The highest BCUT2D eigenvalue weighted by atomic mass is 35.5. The molecule has 0 aliphatic carbocycles. The predicted octanol–water partition coefficient (Wildman–Crippen LogP) is 2.88. The fourth-order valence-electron chi connectivity index (χ4n) is 3.74. The third-order valence-electron chi connectivity index (χ3n) is 5.61. The molecule has 0 unspecified atom stereocenters. The van der Waals surface area contributed by atoms with Gasteiger partial charge >= 0.3 is 0 Å². The van der Waals surface area contributed by atoms with Crippen molar-refractivity contribution < 1.29 is 9.59 Å². The summed E-state index contributed by atoms with van der Waals surface area (Å²) in [6.07, 6.45) is 7.38. The van der Waals surface area contributed by atoms with E-state index in [2.05, 4.69) is 25.8 Å². The molecule has 0 radical (unpaired) electrons. The molecule has 0 bridgehead atoms. The van der Waals surface area contributed by atoms with Gasteiger partial charge in [-0.2, -0.15) is 10.2 Å². The summed E-state index contributed by atoms with van der Waals surface area (Å²) in [6, 6.07) is 20.6. The Bertz CT molecular complexity index is 1460. The van der Waals surface area contributed by atoms with Crippen molar-refractivity contribution in [3.63, 3.8) is 0 Å². The number of hydrogen-bond acceptors (Lipinski definition) is 7. The molecule has 198 valence electrons. The van der Waals surface area contributed by atoms with Crippen molar-refractivity contribution in [1.29, 1.82) is 0 Å². The van der Waals surface area contributed by atoms with Gasteiger partial charge in [0, 0.05) is 28.8 Å². The van der Waals surface area contributed by atoms with Gasteiger partial charge < -0.3 is 16.5 Å². The van der Waals surface area contributed by atoms with E-state index in [-0.39, 0.29) is 12.3 Å². The minimum absolute atomic E-state index is 0.287. The van der Waals surface area contributed by atoms with Crippen molar-refractivity contribution >= 4 is 47.2 Å². The molecule has 6 N–H and O–H groups in total. The van der Waals surface area contributed by atoms with Crippen LogP contribution in [0.4, 0.5) is 11.4 Å². The predicted molar refractivity (Wildman–Crippen MR) is 152 cm³/mol. The second-order valence-corrected chi connectivity index (χ2v) is 8.77. The topological polar surface area (TPSA) is 157 Å². The zero-order valence-electron chi connectivity index (χ0n) is 20.7. The minimum atomic E-state index is -0.853. The largest absolute Gasteiger partial charge is 0.340 e. The SMILES string of the molecule is N/N=C\N(N)c1ccc(Cl)cc1/C=C/C(=O)N[C@@H](Cc1ccccc1)C(=O)Nc1ccc(-n2cncn2)cc1. The molecule has 3 aromatic carbocycles. The first-order chi connectivity index (χ1) is 18.9. The van der Waals surface area contributed by atoms with E-state index in [1.165, 1.54) is 23.8 Å². The molecule has 1 aromatic heterocycles. The van der Waals surface area contributed by atoms with Crippen molar-refractivity contribution in [2.75, 3.05) is 10.3 Å². The van der Waals surface area contributed by atoms with Crippen LogP contribution < -0.4 is 27.3 Å². The molecule has 4 aromatic rings. The molecule has 39 heavy (non-hydrogen) atoms. The number of nitrogens with two attached hydrogens (primary N) is 2. The van der Waals surface area contributed by atoms with Crippen LogP contribution in [-0.2, 0) is 16.0 Å². The zero-order chi connectivity index (χ0) is 27.6. The number of nitrogens with one attached hydrogen (secondary N) is 2. The van der Waals surface area contributed by atoms with Crippen LogP contribution in [0.3, 0.4) is 0 Å². The number of halogens is 1. The number of nitrogens with zero attached hydrogens (tertiary/aromatic N) is 5. The van der Waals surface area contributed by atoms with Gasteiger partial charge in [0.25, 0.3) is 0 Å². The fourth-order valence-corrected chi connectivity index (χ4v) is 3.92. The minimum Gasteiger partial charge on any atom is -0.340 e.